The van der Waals surface area contributed by atoms with Gasteiger partial charge in [-0.1, -0.05) is 42.5 Å². The van der Waals surface area contributed by atoms with Crippen molar-refractivity contribution >= 4 is 12.2 Å². The van der Waals surface area contributed by atoms with Gasteiger partial charge < -0.3 is 4.74 Å². The van der Waals surface area contributed by atoms with E-state index in [-0.39, 0.29) is 0 Å². The van der Waals surface area contributed by atoms with Crippen LogP contribution in [-0.4, -0.2) is 0 Å². The number of hydrogen-bond donors (Lipinski definition) is 0. The van der Waals surface area contributed by atoms with Gasteiger partial charge in [-0.3, -0.25) is 0 Å². The van der Waals surface area contributed by atoms with Gasteiger partial charge in [-0.15, -0.1) is 0 Å². The van der Waals surface area contributed by atoms with Crippen LogP contribution in [0.1, 0.15) is 23.7 Å². The van der Waals surface area contributed by atoms with E-state index in [1.165, 1.54) is 11.3 Å². The largest absolute Gasteiger partial charge is 0.489 e. The minimum atomic E-state index is 0.594. The molecule has 1 heterocycles. The fourth-order valence-corrected chi connectivity index (χ4v) is 2.53. The number of rotatable bonds is 6. The first-order valence-electron chi connectivity index (χ1n) is 8.28. The number of hydrogen-bond acceptors (Lipinski definition) is 1. The summed E-state index contributed by atoms with van der Waals surface area (Å²) < 4.78 is 8.03. The van der Waals surface area contributed by atoms with Crippen LogP contribution in [0, 0.1) is 0 Å². The van der Waals surface area contributed by atoms with Gasteiger partial charge in [0.2, 0.25) is 5.69 Å². The molecule has 0 amide bonds. The Morgan fingerprint density at radius 3 is 2.33 bits per heavy atom. The third kappa shape index (κ3) is 4.32. The van der Waals surface area contributed by atoms with Crippen molar-refractivity contribution in [1.82, 2.24) is 0 Å². The Kier molecular flexibility index (Phi) is 5.41. The predicted octanol–water partition coefficient (Wildman–Crippen LogP) is 4.74. The molecule has 0 saturated carbocycles. The van der Waals surface area contributed by atoms with Gasteiger partial charge in [-0.05, 0) is 42.3 Å². The van der Waals surface area contributed by atoms with E-state index in [0.29, 0.717) is 6.61 Å². The summed E-state index contributed by atoms with van der Waals surface area (Å²) in [4.78, 5) is 0. The highest BCUT2D eigenvalue weighted by molar-refractivity contribution is 5.67. The molecule has 0 spiro atoms. The zero-order valence-electron chi connectivity index (χ0n) is 13.9. The number of nitrogens with zero attached hydrogens (tertiary/aromatic N) is 1. The second kappa shape index (κ2) is 8.11. The number of aromatic nitrogens is 1. The van der Waals surface area contributed by atoms with E-state index in [1.54, 1.807) is 0 Å². The van der Waals surface area contributed by atoms with Gasteiger partial charge in [0, 0.05) is 18.2 Å². The molecule has 0 unspecified atom stereocenters. The van der Waals surface area contributed by atoms with Crippen LogP contribution in [0.5, 0.6) is 5.75 Å². The Morgan fingerprint density at radius 1 is 0.833 bits per heavy atom. The molecule has 0 N–H and O–H groups in total. The molecule has 0 radical (unpaired) electrons. The Hall–Kier alpha value is -2.87. The lowest BCUT2D eigenvalue weighted by atomic mass is 10.2. The average molecular weight is 316 g/mol. The van der Waals surface area contributed by atoms with Crippen LogP contribution < -0.4 is 9.30 Å². The van der Waals surface area contributed by atoms with E-state index >= 15 is 0 Å². The highest BCUT2D eigenvalue weighted by Crippen LogP contribution is 2.15. The SMILES string of the molecule is CC[n+]1ccccc1/C=C/c1ccc(OCc2ccccc2)cc1. The fraction of sp³-hybridized carbons (Fsp3) is 0.136. The highest BCUT2D eigenvalue weighted by Gasteiger charge is 2.02. The molecule has 120 valence electrons. The van der Waals surface area contributed by atoms with Crippen LogP contribution >= 0.6 is 0 Å². The maximum atomic E-state index is 5.82. The quantitative estimate of drug-likeness (QED) is 0.599. The summed E-state index contributed by atoms with van der Waals surface area (Å²) in [5, 5.41) is 0. The molecule has 0 bridgehead atoms. The normalized spacial score (nSPS) is 10.9. The fourth-order valence-electron chi connectivity index (χ4n) is 2.53. The van der Waals surface area contributed by atoms with Crippen LogP contribution in [0.2, 0.25) is 0 Å². The van der Waals surface area contributed by atoms with Gasteiger partial charge >= 0.3 is 0 Å². The lowest BCUT2D eigenvalue weighted by molar-refractivity contribution is -0.695. The van der Waals surface area contributed by atoms with E-state index in [4.69, 9.17) is 4.74 Å². The molecule has 0 aliphatic carbocycles. The zero-order valence-corrected chi connectivity index (χ0v) is 13.9. The van der Waals surface area contributed by atoms with E-state index in [1.807, 2.05) is 30.3 Å². The summed E-state index contributed by atoms with van der Waals surface area (Å²) in [6.45, 7) is 3.71. The van der Waals surface area contributed by atoms with Crippen molar-refractivity contribution in [2.24, 2.45) is 0 Å². The average Bonchev–Trinajstić information content (AvgIpc) is 2.66. The van der Waals surface area contributed by atoms with Crippen LogP contribution in [0.25, 0.3) is 12.2 Å². The maximum absolute atomic E-state index is 5.82. The van der Waals surface area contributed by atoms with E-state index in [2.05, 4.69) is 72.3 Å². The van der Waals surface area contributed by atoms with Crippen molar-refractivity contribution in [3.63, 3.8) is 0 Å². The molecular formula is C22H22NO+. The van der Waals surface area contributed by atoms with Gasteiger partial charge in [0.1, 0.15) is 18.9 Å². The minimum absolute atomic E-state index is 0.594. The van der Waals surface area contributed by atoms with E-state index < -0.39 is 0 Å². The van der Waals surface area contributed by atoms with Crippen molar-refractivity contribution in [2.75, 3.05) is 0 Å². The summed E-state index contributed by atoms with van der Waals surface area (Å²) in [6.07, 6.45) is 6.37. The van der Waals surface area contributed by atoms with E-state index in [0.717, 1.165) is 17.9 Å². The molecule has 0 aliphatic heterocycles. The Balaban J connectivity index is 1.63. The third-order valence-corrected chi connectivity index (χ3v) is 3.89. The number of ether oxygens (including phenoxy) is 1. The monoisotopic (exact) mass is 316 g/mol. The second-order valence-electron chi connectivity index (χ2n) is 5.59. The van der Waals surface area contributed by atoms with Crippen molar-refractivity contribution in [3.05, 3.63) is 95.8 Å². The molecule has 0 atom stereocenters. The Labute approximate surface area is 143 Å². The Morgan fingerprint density at radius 2 is 1.58 bits per heavy atom. The number of aryl methyl sites for hydroxylation is 1. The molecule has 0 aliphatic rings. The van der Waals surface area contributed by atoms with Crippen molar-refractivity contribution in [3.8, 4) is 5.75 Å². The van der Waals surface area contributed by atoms with Crippen LogP contribution in [-0.2, 0) is 13.2 Å². The number of benzene rings is 2. The smallest absolute Gasteiger partial charge is 0.205 e. The standard InChI is InChI=1S/C22H22NO/c1-2-23-17-7-6-10-21(23)14-11-19-12-15-22(16-13-19)24-18-20-8-4-3-5-9-20/h3-17H,2,18H2,1H3/q+1/b14-11+. The van der Waals surface area contributed by atoms with Gasteiger partial charge in [-0.25, -0.2) is 0 Å². The molecule has 2 aromatic carbocycles. The zero-order chi connectivity index (χ0) is 16.6. The van der Waals surface area contributed by atoms with Crippen LogP contribution in [0.15, 0.2) is 79.0 Å². The summed E-state index contributed by atoms with van der Waals surface area (Å²) in [5.41, 5.74) is 3.53. The predicted molar refractivity (Wildman–Crippen MR) is 98.5 cm³/mol. The summed E-state index contributed by atoms with van der Waals surface area (Å²) in [6, 6.07) is 24.6. The first-order chi connectivity index (χ1) is 11.8. The molecule has 0 fully saturated rings. The number of pyridine rings is 1. The topological polar surface area (TPSA) is 13.1 Å². The lowest BCUT2D eigenvalue weighted by Crippen LogP contribution is -2.34. The van der Waals surface area contributed by atoms with Gasteiger partial charge in [-0.2, -0.15) is 4.57 Å². The van der Waals surface area contributed by atoms with Crippen molar-refractivity contribution < 1.29 is 9.30 Å². The molecule has 2 heteroatoms. The first-order valence-corrected chi connectivity index (χ1v) is 8.28. The first kappa shape index (κ1) is 16.0. The van der Waals surface area contributed by atoms with Crippen molar-refractivity contribution in [2.45, 2.75) is 20.1 Å². The van der Waals surface area contributed by atoms with Crippen LogP contribution in [0.4, 0.5) is 0 Å². The Bertz CT molecular complexity index is 792. The van der Waals surface area contributed by atoms with Crippen molar-refractivity contribution in [1.29, 1.82) is 0 Å². The lowest BCUT2D eigenvalue weighted by Gasteiger charge is -2.06. The molecule has 3 aromatic rings. The molecule has 24 heavy (non-hydrogen) atoms. The molecule has 3 rings (SSSR count). The van der Waals surface area contributed by atoms with E-state index in [9.17, 15) is 0 Å². The highest BCUT2D eigenvalue weighted by atomic mass is 16.5. The van der Waals surface area contributed by atoms with Crippen LogP contribution in [0.3, 0.4) is 0 Å². The molecular weight excluding hydrogens is 294 g/mol. The summed E-state index contributed by atoms with van der Waals surface area (Å²) in [5.74, 6) is 0.888. The van der Waals surface area contributed by atoms with Gasteiger partial charge in [0.15, 0.2) is 6.20 Å². The van der Waals surface area contributed by atoms with Gasteiger partial charge in [0.25, 0.3) is 0 Å². The minimum Gasteiger partial charge on any atom is -0.489 e. The third-order valence-electron chi connectivity index (χ3n) is 3.89. The summed E-state index contributed by atoms with van der Waals surface area (Å²) in [7, 11) is 0. The van der Waals surface area contributed by atoms with Gasteiger partial charge in [0.05, 0.1) is 0 Å². The summed E-state index contributed by atoms with van der Waals surface area (Å²) >= 11 is 0. The molecule has 1 aromatic heterocycles. The maximum Gasteiger partial charge on any atom is 0.205 e. The molecule has 2 nitrogen and oxygen atoms in total. The second-order valence-corrected chi connectivity index (χ2v) is 5.59. The molecule has 0 saturated heterocycles.